The summed E-state index contributed by atoms with van der Waals surface area (Å²) in [5, 5.41) is 11.9. The molecule has 1 rings (SSSR count). The zero-order valence-corrected chi connectivity index (χ0v) is 9.59. The third-order valence-electron chi connectivity index (χ3n) is 2.52. The van der Waals surface area contributed by atoms with Crippen LogP contribution in [0.25, 0.3) is 0 Å². The molecular weight excluding hydrogens is 188 g/mol. The van der Waals surface area contributed by atoms with Crippen LogP contribution in [0.3, 0.4) is 0 Å². The number of rotatable bonds is 3. The summed E-state index contributed by atoms with van der Waals surface area (Å²) in [7, 11) is 1.66. The monoisotopic (exact) mass is 204 g/mol. The Hall–Kier alpha value is -1.69. The van der Waals surface area contributed by atoms with Gasteiger partial charge in [-0.05, 0) is 44.0 Å². The minimum absolute atomic E-state index is 0.184. The number of hydrogen-bond acceptors (Lipinski definition) is 3. The van der Waals surface area contributed by atoms with Gasteiger partial charge < -0.3 is 10.1 Å². The smallest absolute Gasteiger partial charge is 0.122 e. The number of methoxy groups -OCH3 is 1. The lowest BCUT2D eigenvalue weighted by Gasteiger charge is -2.15. The Bertz CT molecular complexity index is 393. The molecule has 15 heavy (non-hydrogen) atoms. The molecule has 0 bridgehead atoms. The van der Waals surface area contributed by atoms with Gasteiger partial charge in [-0.3, -0.25) is 0 Å². The minimum Gasteiger partial charge on any atom is -0.496 e. The molecule has 80 valence electrons. The van der Waals surface area contributed by atoms with E-state index in [1.165, 1.54) is 0 Å². The summed E-state index contributed by atoms with van der Waals surface area (Å²) in [4.78, 5) is 0. The second-order valence-corrected chi connectivity index (χ2v) is 3.56. The average molecular weight is 204 g/mol. The highest BCUT2D eigenvalue weighted by Crippen LogP contribution is 2.27. The fourth-order valence-electron chi connectivity index (χ4n) is 1.44. The number of hydrogen-bond donors (Lipinski definition) is 1. The number of nitrogens with one attached hydrogen (secondary N) is 1. The lowest BCUT2D eigenvalue weighted by Crippen LogP contribution is -2.13. The van der Waals surface area contributed by atoms with Crippen molar-refractivity contribution in [2.24, 2.45) is 0 Å². The molecule has 1 atom stereocenters. The van der Waals surface area contributed by atoms with Gasteiger partial charge in [-0.2, -0.15) is 5.26 Å². The Morgan fingerprint density at radius 3 is 2.53 bits per heavy atom. The van der Waals surface area contributed by atoms with E-state index in [0.717, 1.165) is 22.6 Å². The summed E-state index contributed by atoms with van der Waals surface area (Å²) in [6.45, 7) is 5.86. The SMILES string of the molecule is COc1ccc(NC(C)C#N)c(C)c1C. The largest absolute Gasteiger partial charge is 0.496 e. The van der Waals surface area contributed by atoms with E-state index >= 15 is 0 Å². The van der Waals surface area contributed by atoms with Crippen LogP contribution < -0.4 is 10.1 Å². The fourth-order valence-corrected chi connectivity index (χ4v) is 1.44. The van der Waals surface area contributed by atoms with Crippen LogP contribution in [-0.2, 0) is 0 Å². The Morgan fingerprint density at radius 2 is 2.00 bits per heavy atom. The number of anilines is 1. The van der Waals surface area contributed by atoms with Crippen molar-refractivity contribution in [3.8, 4) is 11.8 Å². The van der Waals surface area contributed by atoms with Gasteiger partial charge in [0.25, 0.3) is 0 Å². The van der Waals surface area contributed by atoms with Crippen molar-refractivity contribution in [3.63, 3.8) is 0 Å². The Kier molecular flexibility index (Phi) is 3.56. The van der Waals surface area contributed by atoms with Gasteiger partial charge in [0.2, 0.25) is 0 Å². The van der Waals surface area contributed by atoms with Crippen molar-refractivity contribution in [2.45, 2.75) is 26.8 Å². The fraction of sp³-hybridized carbons (Fsp3) is 0.417. The topological polar surface area (TPSA) is 45.0 Å². The maximum atomic E-state index is 8.72. The molecule has 0 saturated heterocycles. The van der Waals surface area contributed by atoms with Crippen LogP contribution >= 0.6 is 0 Å². The molecule has 0 aliphatic carbocycles. The maximum Gasteiger partial charge on any atom is 0.122 e. The second-order valence-electron chi connectivity index (χ2n) is 3.56. The first-order valence-electron chi connectivity index (χ1n) is 4.90. The molecule has 0 fully saturated rings. The number of nitriles is 1. The van der Waals surface area contributed by atoms with Crippen molar-refractivity contribution >= 4 is 5.69 Å². The van der Waals surface area contributed by atoms with Gasteiger partial charge >= 0.3 is 0 Å². The van der Waals surface area contributed by atoms with Gasteiger partial charge in [0.15, 0.2) is 0 Å². The van der Waals surface area contributed by atoms with E-state index in [4.69, 9.17) is 10.00 Å². The van der Waals surface area contributed by atoms with Gasteiger partial charge in [-0.1, -0.05) is 0 Å². The molecule has 1 unspecified atom stereocenters. The van der Waals surface area contributed by atoms with Gasteiger partial charge in [-0.25, -0.2) is 0 Å². The summed E-state index contributed by atoms with van der Waals surface area (Å²) in [5.74, 6) is 0.877. The third-order valence-corrected chi connectivity index (χ3v) is 2.52. The molecule has 0 aliphatic heterocycles. The molecule has 3 nitrogen and oxygen atoms in total. The molecule has 3 heteroatoms. The van der Waals surface area contributed by atoms with Gasteiger partial charge in [0.05, 0.1) is 13.2 Å². The van der Waals surface area contributed by atoms with E-state index in [-0.39, 0.29) is 6.04 Å². The molecule has 0 aromatic heterocycles. The van der Waals surface area contributed by atoms with Crippen molar-refractivity contribution in [1.29, 1.82) is 5.26 Å². The van der Waals surface area contributed by atoms with Crippen LogP contribution in [0.1, 0.15) is 18.1 Å². The van der Waals surface area contributed by atoms with Crippen LogP contribution in [0, 0.1) is 25.2 Å². The molecule has 0 aliphatic rings. The minimum atomic E-state index is -0.184. The Balaban J connectivity index is 3.02. The summed E-state index contributed by atoms with van der Waals surface area (Å²) in [5.41, 5.74) is 3.21. The number of benzene rings is 1. The molecule has 0 heterocycles. The van der Waals surface area contributed by atoms with Crippen molar-refractivity contribution in [1.82, 2.24) is 0 Å². The summed E-state index contributed by atoms with van der Waals surface area (Å²) >= 11 is 0. The highest BCUT2D eigenvalue weighted by molar-refractivity contribution is 5.59. The zero-order chi connectivity index (χ0) is 11.4. The van der Waals surface area contributed by atoms with Crippen LogP contribution in [-0.4, -0.2) is 13.2 Å². The molecular formula is C12H16N2O. The predicted molar refractivity (Wildman–Crippen MR) is 61.2 cm³/mol. The molecule has 1 aromatic rings. The van der Waals surface area contributed by atoms with E-state index in [2.05, 4.69) is 11.4 Å². The number of ether oxygens (including phenoxy) is 1. The van der Waals surface area contributed by atoms with E-state index in [1.54, 1.807) is 7.11 Å². The van der Waals surface area contributed by atoms with Crippen LogP contribution in [0.15, 0.2) is 12.1 Å². The van der Waals surface area contributed by atoms with Gasteiger partial charge in [0, 0.05) is 5.69 Å². The molecule has 0 radical (unpaired) electrons. The average Bonchev–Trinajstić information content (AvgIpc) is 2.25. The Morgan fingerprint density at radius 1 is 1.33 bits per heavy atom. The quantitative estimate of drug-likeness (QED) is 0.823. The maximum absolute atomic E-state index is 8.72. The normalized spacial score (nSPS) is 11.7. The van der Waals surface area contributed by atoms with Crippen LogP contribution in [0.2, 0.25) is 0 Å². The van der Waals surface area contributed by atoms with Crippen molar-refractivity contribution in [3.05, 3.63) is 23.3 Å². The summed E-state index contributed by atoms with van der Waals surface area (Å²) < 4.78 is 5.22. The molecule has 0 amide bonds. The van der Waals surface area contributed by atoms with Crippen molar-refractivity contribution in [2.75, 3.05) is 12.4 Å². The van der Waals surface area contributed by atoms with Gasteiger partial charge in [-0.15, -0.1) is 0 Å². The second kappa shape index (κ2) is 4.70. The molecule has 0 saturated carbocycles. The first-order chi connectivity index (χ1) is 7.10. The summed E-state index contributed by atoms with van der Waals surface area (Å²) in [6.07, 6.45) is 0. The standard InChI is InChI=1S/C12H16N2O/c1-8(7-13)14-11-5-6-12(15-4)10(3)9(11)2/h5-6,8,14H,1-4H3. The molecule has 1 aromatic carbocycles. The molecule has 1 N–H and O–H groups in total. The number of nitrogens with zero attached hydrogens (tertiary/aromatic N) is 1. The predicted octanol–water partition coefficient (Wildman–Crippen LogP) is 2.64. The van der Waals surface area contributed by atoms with E-state index in [0.29, 0.717) is 0 Å². The van der Waals surface area contributed by atoms with E-state index in [9.17, 15) is 0 Å². The van der Waals surface area contributed by atoms with Gasteiger partial charge in [0.1, 0.15) is 11.8 Å². The highest BCUT2D eigenvalue weighted by Gasteiger charge is 2.08. The first-order valence-corrected chi connectivity index (χ1v) is 4.90. The Labute approximate surface area is 90.7 Å². The van der Waals surface area contributed by atoms with Crippen molar-refractivity contribution < 1.29 is 4.74 Å². The third kappa shape index (κ3) is 2.41. The van der Waals surface area contributed by atoms with E-state index in [1.807, 2.05) is 32.9 Å². The zero-order valence-electron chi connectivity index (χ0n) is 9.59. The van der Waals surface area contributed by atoms with Crippen LogP contribution in [0.4, 0.5) is 5.69 Å². The summed E-state index contributed by atoms with van der Waals surface area (Å²) in [6, 6.07) is 5.81. The molecule has 0 spiro atoms. The lowest BCUT2D eigenvalue weighted by molar-refractivity contribution is 0.411. The lowest BCUT2D eigenvalue weighted by atomic mass is 10.1. The highest BCUT2D eigenvalue weighted by atomic mass is 16.5. The first kappa shape index (κ1) is 11.4. The van der Waals surface area contributed by atoms with Crippen LogP contribution in [0.5, 0.6) is 5.75 Å². The van der Waals surface area contributed by atoms with E-state index < -0.39 is 0 Å².